The maximum atomic E-state index is 2.51. The van der Waals surface area contributed by atoms with Gasteiger partial charge in [0, 0.05) is 45.0 Å². The Bertz CT molecular complexity index is 4480. The minimum Gasteiger partial charge on any atom is -0.310 e. The second kappa shape index (κ2) is 19.6. The van der Waals surface area contributed by atoms with Crippen LogP contribution in [-0.2, 0) is 16.2 Å². The van der Waals surface area contributed by atoms with Gasteiger partial charge in [-0.2, -0.15) is 0 Å². The summed E-state index contributed by atoms with van der Waals surface area (Å²) in [6.07, 6.45) is 10.0. The summed E-state index contributed by atoms with van der Waals surface area (Å²) in [5.74, 6) is 0.335. The van der Waals surface area contributed by atoms with Crippen molar-refractivity contribution in [1.82, 2.24) is 0 Å². The molecular formula is C81H70N2. The molecule has 0 saturated carbocycles. The zero-order chi connectivity index (χ0) is 56.2. The summed E-state index contributed by atoms with van der Waals surface area (Å²) >= 11 is 0. The van der Waals surface area contributed by atoms with E-state index in [0.29, 0.717) is 5.92 Å². The van der Waals surface area contributed by atoms with Crippen LogP contribution in [0.5, 0.6) is 0 Å². The van der Waals surface area contributed by atoms with E-state index in [0.717, 1.165) is 49.2 Å². The van der Waals surface area contributed by atoms with Crippen LogP contribution in [0.2, 0.25) is 0 Å². The summed E-state index contributed by atoms with van der Waals surface area (Å²) < 4.78 is 0. The van der Waals surface area contributed by atoms with E-state index in [1.54, 1.807) is 0 Å². The average molecular weight is 1070 g/mol. The van der Waals surface area contributed by atoms with Gasteiger partial charge in [0.25, 0.3) is 0 Å². The first-order valence-corrected chi connectivity index (χ1v) is 30.5. The van der Waals surface area contributed by atoms with Crippen LogP contribution in [0, 0.1) is 5.92 Å². The lowest BCUT2D eigenvalue weighted by molar-refractivity contribution is 0.418. The summed E-state index contributed by atoms with van der Waals surface area (Å²) in [7, 11) is 0. The lowest BCUT2D eigenvalue weighted by Gasteiger charge is -2.33. The first-order valence-electron chi connectivity index (χ1n) is 30.5. The van der Waals surface area contributed by atoms with Crippen LogP contribution in [0.4, 0.5) is 34.1 Å². The number of hydrogen-bond donors (Lipinski definition) is 0. The number of fused-ring (bicyclic) bond motifs is 11. The average Bonchev–Trinajstić information content (AvgIpc) is 3.32. The number of rotatable bonds is 12. The molecule has 83 heavy (non-hydrogen) atoms. The molecule has 0 fully saturated rings. The first-order chi connectivity index (χ1) is 40.6. The molecule has 11 aromatic carbocycles. The molecule has 0 spiro atoms. The van der Waals surface area contributed by atoms with Gasteiger partial charge in [0.05, 0.1) is 0 Å². The molecule has 4 aliphatic carbocycles. The van der Waals surface area contributed by atoms with Crippen LogP contribution < -0.4 is 9.80 Å². The van der Waals surface area contributed by atoms with Gasteiger partial charge in [0.1, 0.15) is 0 Å². The third-order valence-corrected chi connectivity index (χ3v) is 20.5. The van der Waals surface area contributed by atoms with Gasteiger partial charge in [-0.1, -0.05) is 211 Å². The van der Waals surface area contributed by atoms with E-state index in [4.69, 9.17) is 0 Å². The number of nitrogens with zero attached hydrogens (tertiary/aromatic N) is 2. The Hall–Kier alpha value is -8.98. The van der Waals surface area contributed by atoms with Crippen molar-refractivity contribution >= 4 is 66.8 Å². The topological polar surface area (TPSA) is 6.48 Å². The summed E-state index contributed by atoms with van der Waals surface area (Å²) in [6, 6.07) is 90.0. The van der Waals surface area contributed by atoms with Gasteiger partial charge >= 0.3 is 0 Å². The molecule has 2 heteroatoms. The molecule has 11 aromatic rings. The molecule has 0 N–H and O–H groups in total. The number of anilines is 6. The van der Waals surface area contributed by atoms with E-state index < -0.39 is 0 Å². The van der Waals surface area contributed by atoms with Gasteiger partial charge in [-0.25, -0.2) is 0 Å². The van der Waals surface area contributed by atoms with Gasteiger partial charge in [0.15, 0.2) is 0 Å². The number of benzene rings is 11. The van der Waals surface area contributed by atoms with Gasteiger partial charge < -0.3 is 9.80 Å². The Morgan fingerprint density at radius 3 is 1.29 bits per heavy atom. The molecule has 1 atom stereocenters. The minimum absolute atomic E-state index is 0.0276. The summed E-state index contributed by atoms with van der Waals surface area (Å²) in [5.41, 5.74) is 27.5. The van der Waals surface area contributed by atoms with E-state index in [9.17, 15) is 0 Å². The quantitative estimate of drug-likeness (QED) is 0.120. The van der Waals surface area contributed by atoms with Crippen molar-refractivity contribution in [3.63, 3.8) is 0 Å². The molecule has 15 rings (SSSR count). The monoisotopic (exact) mass is 1070 g/mol. The minimum atomic E-state index is -0.0970. The van der Waals surface area contributed by atoms with Crippen molar-refractivity contribution in [3.05, 3.63) is 288 Å². The van der Waals surface area contributed by atoms with Crippen LogP contribution in [0.3, 0.4) is 0 Å². The Balaban J connectivity index is 0.776. The fraction of sp³-hybridized carbons (Fsp3) is 0.185. The highest BCUT2D eigenvalue weighted by molar-refractivity contribution is 5.95. The van der Waals surface area contributed by atoms with Gasteiger partial charge in [-0.15, -0.1) is 0 Å². The zero-order valence-corrected chi connectivity index (χ0v) is 48.7. The van der Waals surface area contributed by atoms with Gasteiger partial charge in [0.2, 0.25) is 0 Å². The van der Waals surface area contributed by atoms with Crippen molar-refractivity contribution in [3.8, 4) is 33.4 Å². The van der Waals surface area contributed by atoms with E-state index in [1.165, 1.54) is 122 Å². The van der Waals surface area contributed by atoms with Crippen molar-refractivity contribution in [2.45, 2.75) is 89.9 Å². The van der Waals surface area contributed by atoms with Crippen LogP contribution in [0.25, 0.3) is 66.1 Å². The van der Waals surface area contributed by atoms with E-state index in [1.807, 2.05) is 0 Å². The molecular weight excluding hydrogens is 1000 g/mol. The lowest BCUT2D eigenvalue weighted by Crippen LogP contribution is -2.25. The third kappa shape index (κ3) is 7.82. The van der Waals surface area contributed by atoms with Gasteiger partial charge in [-0.05, 0) is 227 Å². The van der Waals surface area contributed by atoms with Gasteiger partial charge in [-0.3, -0.25) is 0 Å². The van der Waals surface area contributed by atoms with Crippen LogP contribution in [-0.4, -0.2) is 0 Å². The molecule has 0 radical (unpaired) electrons. The largest absolute Gasteiger partial charge is 0.310 e. The van der Waals surface area contributed by atoms with Crippen molar-refractivity contribution in [1.29, 1.82) is 0 Å². The molecule has 0 amide bonds. The van der Waals surface area contributed by atoms with E-state index >= 15 is 0 Å². The maximum Gasteiger partial charge on any atom is 0.0468 e. The fourth-order valence-corrected chi connectivity index (χ4v) is 15.9. The summed E-state index contributed by atoms with van der Waals surface area (Å²) in [6.45, 7) is 14.4. The van der Waals surface area contributed by atoms with E-state index in [2.05, 4.69) is 300 Å². The smallest absolute Gasteiger partial charge is 0.0468 e. The summed E-state index contributed by atoms with van der Waals surface area (Å²) in [4.78, 5) is 4.99. The SMILES string of the molecule is CCC1(CC)c2ccccc2-c2ccc(N(c3cccc(C4=CC=C5c6ccc(-c7cccc(N(c8ccc9c(c8)C(CC)(CC)c8ccccc8-9)c8ccc9ccccc9c8)c7)cc6C(C)(C)C5C4)c3)c3ccc4ccccc4c3)cc21. The highest BCUT2D eigenvalue weighted by Gasteiger charge is 2.45. The highest BCUT2D eigenvalue weighted by atomic mass is 15.1. The lowest BCUT2D eigenvalue weighted by atomic mass is 9.72. The van der Waals surface area contributed by atoms with Crippen molar-refractivity contribution in [2.24, 2.45) is 5.92 Å². The van der Waals surface area contributed by atoms with Crippen molar-refractivity contribution < 1.29 is 0 Å². The van der Waals surface area contributed by atoms with Crippen LogP contribution in [0.1, 0.15) is 113 Å². The van der Waals surface area contributed by atoms with Crippen molar-refractivity contribution in [2.75, 3.05) is 9.80 Å². The normalized spacial score (nSPS) is 16.3. The molecule has 0 heterocycles. The molecule has 0 saturated heterocycles. The molecule has 2 nitrogen and oxygen atoms in total. The highest BCUT2D eigenvalue weighted by Crippen LogP contribution is 2.58. The van der Waals surface area contributed by atoms with Crippen LogP contribution in [0.15, 0.2) is 249 Å². The molecule has 404 valence electrons. The third-order valence-electron chi connectivity index (χ3n) is 20.5. The predicted octanol–water partition coefficient (Wildman–Crippen LogP) is 22.6. The number of hydrogen-bond acceptors (Lipinski definition) is 2. The molecule has 0 aliphatic heterocycles. The molecule has 1 unspecified atom stereocenters. The second-order valence-electron chi connectivity index (χ2n) is 24.5. The van der Waals surface area contributed by atoms with Crippen LogP contribution >= 0.6 is 0 Å². The Labute approximate surface area is 490 Å². The van der Waals surface area contributed by atoms with E-state index in [-0.39, 0.29) is 16.2 Å². The zero-order valence-electron chi connectivity index (χ0n) is 48.7. The predicted molar refractivity (Wildman–Crippen MR) is 353 cm³/mol. The molecule has 4 aliphatic rings. The number of allylic oxidation sites excluding steroid dienone is 4. The maximum absolute atomic E-state index is 2.51. The standard InChI is InChI=1S/C81H70N2/c1-7-80(8-2)73-31-17-15-29-67(73)71-43-39-65(51-77(71)80)82(63-37-33-53-21-11-13-23-55(53)45-63)61-27-19-25-57(47-61)59-35-41-69-70-42-36-60(50-76(70)79(5,6)75(69)49-59)58-26-20-28-62(48-58)83(64-38-34-54-22-12-14-24-56(54)46-64)66-40-44-72-68-30-16-18-32-74(68)81(9-3,10-4)78(72)52-66/h11-49,51-52,76H,7-10,50H2,1-6H3. The molecule has 0 aromatic heterocycles. The second-order valence-corrected chi connectivity index (χ2v) is 24.5. The first kappa shape index (κ1) is 50.9. The fourth-order valence-electron chi connectivity index (χ4n) is 15.9. The Morgan fingerprint density at radius 2 is 0.747 bits per heavy atom. The Morgan fingerprint density at radius 1 is 0.325 bits per heavy atom. The Kier molecular flexibility index (Phi) is 12.0. The molecule has 0 bridgehead atoms. The summed E-state index contributed by atoms with van der Waals surface area (Å²) in [5, 5.41) is 4.96.